The molecule has 0 saturated carbocycles. The molecular formula is C10H14FN. The molecule has 0 aromatic carbocycles. The summed E-state index contributed by atoms with van der Waals surface area (Å²) in [7, 11) is 0. The van der Waals surface area contributed by atoms with E-state index in [4.69, 9.17) is 0 Å². The van der Waals surface area contributed by atoms with Crippen molar-refractivity contribution in [3.8, 4) is 0 Å². The van der Waals surface area contributed by atoms with Gasteiger partial charge in [0.15, 0.2) is 0 Å². The first-order valence-corrected chi connectivity index (χ1v) is 4.27. The van der Waals surface area contributed by atoms with E-state index in [0.29, 0.717) is 5.69 Å². The van der Waals surface area contributed by atoms with E-state index in [9.17, 15) is 4.39 Å². The molecule has 0 amide bonds. The summed E-state index contributed by atoms with van der Waals surface area (Å²) < 4.78 is 13.4. The Hall–Kier alpha value is -0.920. The van der Waals surface area contributed by atoms with E-state index in [2.05, 4.69) is 11.9 Å². The highest BCUT2D eigenvalue weighted by molar-refractivity contribution is 5.21. The molecule has 0 radical (unpaired) electrons. The van der Waals surface area contributed by atoms with Gasteiger partial charge in [0.05, 0.1) is 5.69 Å². The van der Waals surface area contributed by atoms with Crippen LogP contribution in [0.25, 0.3) is 0 Å². The fourth-order valence-corrected chi connectivity index (χ4v) is 1.17. The molecule has 1 rings (SSSR count). The first-order chi connectivity index (χ1) is 5.66. The second-order valence-electron chi connectivity index (χ2n) is 3.11. The van der Waals surface area contributed by atoms with Crippen molar-refractivity contribution in [2.45, 2.75) is 33.1 Å². The van der Waals surface area contributed by atoms with E-state index >= 15 is 0 Å². The molecule has 0 aliphatic heterocycles. The van der Waals surface area contributed by atoms with Gasteiger partial charge in [-0.3, -0.25) is 4.98 Å². The molecule has 0 N–H and O–H groups in total. The Labute approximate surface area is 72.6 Å². The van der Waals surface area contributed by atoms with Crippen LogP contribution < -0.4 is 0 Å². The number of aromatic nitrogens is 1. The number of rotatable bonds is 2. The number of pyridine rings is 1. The zero-order valence-electron chi connectivity index (χ0n) is 7.76. The van der Waals surface area contributed by atoms with Gasteiger partial charge in [-0.25, -0.2) is 4.39 Å². The van der Waals surface area contributed by atoms with Gasteiger partial charge in [0.1, 0.15) is 5.82 Å². The van der Waals surface area contributed by atoms with Gasteiger partial charge >= 0.3 is 0 Å². The molecule has 66 valence electrons. The average Bonchev–Trinajstić information content (AvgIpc) is 2.08. The lowest BCUT2D eigenvalue weighted by molar-refractivity contribution is 0.568. The lowest BCUT2D eigenvalue weighted by Gasteiger charge is -2.10. The Kier molecular flexibility index (Phi) is 2.79. The zero-order valence-corrected chi connectivity index (χ0v) is 7.76. The maximum absolute atomic E-state index is 13.4. The quantitative estimate of drug-likeness (QED) is 0.659. The molecule has 0 aliphatic rings. The van der Waals surface area contributed by atoms with E-state index in [1.54, 1.807) is 19.2 Å². The summed E-state index contributed by atoms with van der Waals surface area (Å²) in [5.74, 6) is 0.138. The summed E-state index contributed by atoms with van der Waals surface area (Å²) in [4.78, 5) is 3.88. The van der Waals surface area contributed by atoms with Gasteiger partial charge in [-0.05, 0) is 30.9 Å². The molecule has 0 aliphatic carbocycles. The molecule has 2 heteroatoms. The van der Waals surface area contributed by atoms with E-state index in [-0.39, 0.29) is 11.7 Å². The molecule has 12 heavy (non-hydrogen) atoms. The highest BCUT2D eigenvalue weighted by Crippen LogP contribution is 2.21. The molecule has 1 nitrogen and oxygen atoms in total. The minimum atomic E-state index is -0.146. The topological polar surface area (TPSA) is 12.9 Å². The Morgan fingerprint density at radius 3 is 2.83 bits per heavy atom. The van der Waals surface area contributed by atoms with Crippen molar-refractivity contribution in [1.82, 2.24) is 4.98 Å². The van der Waals surface area contributed by atoms with Crippen molar-refractivity contribution in [2.75, 3.05) is 0 Å². The first kappa shape index (κ1) is 9.17. The van der Waals surface area contributed by atoms with Gasteiger partial charge in [0, 0.05) is 6.20 Å². The molecule has 1 aromatic rings. The lowest BCUT2D eigenvalue weighted by atomic mass is 9.98. The van der Waals surface area contributed by atoms with Crippen molar-refractivity contribution in [3.63, 3.8) is 0 Å². The van der Waals surface area contributed by atoms with Crippen molar-refractivity contribution >= 4 is 0 Å². The van der Waals surface area contributed by atoms with Crippen molar-refractivity contribution in [2.24, 2.45) is 0 Å². The molecule has 0 fully saturated rings. The summed E-state index contributed by atoms with van der Waals surface area (Å²) in [6.45, 7) is 5.78. The number of nitrogens with zero attached hydrogens (tertiary/aromatic N) is 1. The zero-order chi connectivity index (χ0) is 9.14. The van der Waals surface area contributed by atoms with Crippen LogP contribution in [0.3, 0.4) is 0 Å². The van der Waals surface area contributed by atoms with Gasteiger partial charge in [0.25, 0.3) is 0 Å². The molecule has 0 saturated heterocycles. The third-order valence-electron chi connectivity index (χ3n) is 2.24. The largest absolute Gasteiger partial charge is 0.259 e. The Morgan fingerprint density at radius 1 is 1.58 bits per heavy atom. The molecule has 1 atom stereocenters. The van der Waals surface area contributed by atoms with Crippen LogP contribution in [0.15, 0.2) is 12.3 Å². The standard InChI is InChI=1S/C10H14FN/c1-4-7(2)9-5-6-12-8(3)10(9)11/h5-7H,4H2,1-3H3. The lowest BCUT2D eigenvalue weighted by Crippen LogP contribution is -1.99. The fraction of sp³-hybridized carbons (Fsp3) is 0.500. The maximum atomic E-state index is 13.4. The van der Waals surface area contributed by atoms with Crippen LogP contribution in [-0.4, -0.2) is 4.98 Å². The second kappa shape index (κ2) is 3.65. The van der Waals surface area contributed by atoms with Crippen LogP contribution in [0.2, 0.25) is 0 Å². The summed E-state index contributed by atoms with van der Waals surface area (Å²) in [6, 6.07) is 1.76. The van der Waals surface area contributed by atoms with E-state index in [1.165, 1.54) is 0 Å². The number of halogens is 1. The molecule has 1 unspecified atom stereocenters. The van der Waals surface area contributed by atoms with Gasteiger partial charge < -0.3 is 0 Å². The summed E-state index contributed by atoms with van der Waals surface area (Å²) >= 11 is 0. The molecule has 1 heterocycles. The highest BCUT2D eigenvalue weighted by atomic mass is 19.1. The van der Waals surface area contributed by atoms with Crippen LogP contribution in [0, 0.1) is 12.7 Å². The predicted octanol–water partition coefficient (Wildman–Crippen LogP) is 3.04. The number of hydrogen-bond acceptors (Lipinski definition) is 1. The third-order valence-corrected chi connectivity index (χ3v) is 2.24. The van der Waals surface area contributed by atoms with Crippen LogP contribution in [0.5, 0.6) is 0 Å². The van der Waals surface area contributed by atoms with Crippen LogP contribution in [-0.2, 0) is 0 Å². The summed E-state index contributed by atoms with van der Waals surface area (Å²) in [5, 5.41) is 0. The Balaban J connectivity index is 3.07. The predicted molar refractivity (Wildman–Crippen MR) is 47.6 cm³/mol. The van der Waals surface area contributed by atoms with Crippen LogP contribution in [0.4, 0.5) is 4.39 Å². The third kappa shape index (κ3) is 1.63. The Bertz CT molecular complexity index is 271. The van der Waals surface area contributed by atoms with Gasteiger partial charge in [0.2, 0.25) is 0 Å². The fourth-order valence-electron chi connectivity index (χ4n) is 1.17. The van der Waals surface area contributed by atoms with E-state index in [1.807, 2.05) is 6.92 Å². The molecule has 1 aromatic heterocycles. The van der Waals surface area contributed by atoms with Crippen molar-refractivity contribution < 1.29 is 4.39 Å². The summed E-state index contributed by atoms with van der Waals surface area (Å²) in [5.41, 5.74) is 1.28. The van der Waals surface area contributed by atoms with Crippen LogP contribution >= 0.6 is 0 Å². The normalized spacial score (nSPS) is 13.0. The SMILES string of the molecule is CCC(C)c1ccnc(C)c1F. The van der Waals surface area contributed by atoms with Crippen molar-refractivity contribution in [3.05, 3.63) is 29.3 Å². The number of aryl methyl sites for hydroxylation is 1. The number of hydrogen-bond donors (Lipinski definition) is 0. The van der Waals surface area contributed by atoms with E-state index < -0.39 is 0 Å². The molecule has 0 bridgehead atoms. The summed E-state index contributed by atoms with van der Waals surface area (Å²) in [6.07, 6.45) is 2.63. The van der Waals surface area contributed by atoms with Gasteiger partial charge in [-0.1, -0.05) is 13.8 Å². The highest BCUT2D eigenvalue weighted by Gasteiger charge is 2.10. The second-order valence-corrected chi connectivity index (χ2v) is 3.11. The monoisotopic (exact) mass is 167 g/mol. The minimum Gasteiger partial charge on any atom is -0.259 e. The first-order valence-electron chi connectivity index (χ1n) is 4.27. The minimum absolute atomic E-state index is 0.146. The van der Waals surface area contributed by atoms with Gasteiger partial charge in [-0.15, -0.1) is 0 Å². The smallest absolute Gasteiger partial charge is 0.147 e. The Morgan fingerprint density at radius 2 is 2.25 bits per heavy atom. The van der Waals surface area contributed by atoms with Crippen LogP contribution in [0.1, 0.15) is 37.4 Å². The van der Waals surface area contributed by atoms with Crippen molar-refractivity contribution in [1.29, 1.82) is 0 Å². The average molecular weight is 167 g/mol. The van der Waals surface area contributed by atoms with Gasteiger partial charge in [-0.2, -0.15) is 0 Å². The molecule has 0 spiro atoms. The van der Waals surface area contributed by atoms with E-state index in [0.717, 1.165) is 12.0 Å². The maximum Gasteiger partial charge on any atom is 0.147 e. The molecular weight excluding hydrogens is 153 g/mol.